The van der Waals surface area contributed by atoms with Gasteiger partial charge in [0.2, 0.25) is 29.5 Å². The van der Waals surface area contributed by atoms with E-state index in [1.165, 1.54) is 83.3 Å². The van der Waals surface area contributed by atoms with Gasteiger partial charge in [-0.2, -0.15) is 0 Å². The topological polar surface area (TPSA) is 180 Å². The summed E-state index contributed by atoms with van der Waals surface area (Å²) in [5.41, 5.74) is 7.08. The number of primary amides is 1. The van der Waals surface area contributed by atoms with Crippen molar-refractivity contribution in [1.82, 2.24) is 21.3 Å². The second-order valence-corrected chi connectivity index (χ2v) is 15.1. The summed E-state index contributed by atoms with van der Waals surface area (Å²) < 4.78 is 0. The molecule has 0 saturated heterocycles. The number of nitrogens with two attached hydrogens (primary N) is 1. The number of nitrogens with one attached hydrogen (secondary N) is 4. The maximum atomic E-state index is 13.6. The zero-order valence-electron chi connectivity index (χ0n) is 33.2. The summed E-state index contributed by atoms with van der Waals surface area (Å²) >= 11 is 0. The van der Waals surface area contributed by atoms with E-state index in [1.54, 1.807) is 12.1 Å². The van der Waals surface area contributed by atoms with Crippen molar-refractivity contribution >= 4 is 29.5 Å². The quantitative estimate of drug-likeness (QED) is 0.0568. The monoisotopic (exact) mass is 750 g/mol. The van der Waals surface area contributed by atoms with Gasteiger partial charge in [-0.1, -0.05) is 140 Å². The van der Waals surface area contributed by atoms with Gasteiger partial charge in [-0.15, -0.1) is 0 Å². The number of phenolic OH excluding ortho intramolecular Hbond substituents is 1. The van der Waals surface area contributed by atoms with Crippen LogP contribution < -0.4 is 27.0 Å². The predicted molar refractivity (Wildman–Crippen MR) is 214 cm³/mol. The fraction of sp³-hybridized carbons (Fsp3) is 0.605. The summed E-state index contributed by atoms with van der Waals surface area (Å²) in [7, 11) is 0. The minimum atomic E-state index is -1.13. The van der Waals surface area contributed by atoms with Crippen molar-refractivity contribution in [3.8, 4) is 5.75 Å². The Morgan fingerprint density at radius 2 is 1.06 bits per heavy atom. The fourth-order valence-electron chi connectivity index (χ4n) is 6.37. The number of unbranched alkanes of at least 4 members (excludes halogenated alkanes) is 12. The maximum absolute atomic E-state index is 13.6. The molecule has 2 aromatic rings. The minimum Gasteiger partial charge on any atom is -0.508 e. The van der Waals surface area contributed by atoms with E-state index < -0.39 is 47.8 Å². The van der Waals surface area contributed by atoms with E-state index >= 15 is 0 Å². The Morgan fingerprint density at radius 3 is 1.59 bits per heavy atom. The highest BCUT2D eigenvalue weighted by atomic mass is 16.3. The molecule has 2 rings (SSSR count). The second-order valence-electron chi connectivity index (χ2n) is 15.1. The lowest BCUT2D eigenvalue weighted by Crippen LogP contribution is -2.58. The minimum absolute atomic E-state index is 0.0422. The van der Waals surface area contributed by atoms with Gasteiger partial charge in [0.15, 0.2) is 0 Å². The normalized spacial score (nSPS) is 13.4. The molecule has 2 aromatic carbocycles. The third kappa shape index (κ3) is 19.6. The van der Waals surface area contributed by atoms with E-state index in [4.69, 9.17) is 5.73 Å². The zero-order valence-corrected chi connectivity index (χ0v) is 33.2. The molecule has 7 N–H and O–H groups in total. The summed E-state index contributed by atoms with van der Waals surface area (Å²) in [6.07, 6.45) is 16.7. The zero-order chi connectivity index (χ0) is 39.7. The molecule has 11 heteroatoms. The van der Waals surface area contributed by atoms with Gasteiger partial charge in [0, 0.05) is 19.3 Å². The molecule has 0 aromatic heterocycles. The van der Waals surface area contributed by atoms with Gasteiger partial charge in [-0.3, -0.25) is 24.0 Å². The summed E-state index contributed by atoms with van der Waals surface area (Å²) in [6, 6.07) is 11.3. The number of carbonyl (C=O) groups excluding carboxylic acids is 5. The molecule has 0 bridgehead atoms. The van der Waals surface area contributed by atoms with Crippen LogP contribution in [0, 0.1) is 5.92 Å². The average Bonchev–Trinajstić information content (AvgIpc) is 3.13. The molecule has 0 spiro atoms. The fourth-order valence-corrected chi connectivity index (χ4v) is 6.37. The van der Waals surface area contributed by atoms with Crippen LogP contribution in [0.5, 0.6) is 5.75 Å². The van der Waals surface area contributed by atoms with Crippen LogP contribution in [0.1, 0.15) is 135 Å². The molecule has 5 amide bonds. The SMILES string of the molecule is CCCCCCCCCCCCCCCC(=O)NC(CC(C)C)C(=O)NC(C)C(=O)NC(Cc1ccc(O)cc1)C(=O)NC(Cc1ccccc1)C(N)=O. The van der Waals surface area contributed by atoms with Crippen molar-refractivity contribution in [3.63, 3.8) is 0 Å². The molecule has 0 heterocycles. The lowest BCUT2D eigenvalue weighted by atomic mass is 10.0. The third-order valence-electron chi connectivity index (χ3n) is 9.57. The number of carbonyl (C=O) groups is 5. The second kappa shape index (κ2) is 26.4. The van der Waals surface area contributed by atoms with Crippen molar-refractivity contribution in [2.24, 2.45) is 11.7 Å². The average molecular weight is 750 g/mol. The highest BCUT2D eigenvalue weighted by molar-refractivity contribution is 5.95. The molecule has 0 radical (unpaired) electrons. The largest absolute Gasteiger partial charge is 0.508 e. The Labute approximate surface area is 323 Å². The molecule has 0 aliphatic heterocycles. The highest BCUT2D eigenvalue weighted by Gasteiger charge is 2.30. The maximum Gasteiger partial charge on any atom is 0.243 e. The van der Waals surface area contributed by atoms with Crippen molar-refractivity contribution in [1.29, 1.82) is 0 Å². The van der Waals surface area contributed by atoms with Crippen LogP contribution in [0.3, 0.4) is 0 Å². The number of benzene rings is 2. The number of hydrogen-bond donors (Lipinski definition) is 6. The number of aromatic hydroxyl groups is 1. The van der Waals surface area contributed by atoms with E-state index in [9.17, 15) is 29.1 Å². The number of rotatable bonds is 28. The predicted octanol–water partition coefficient (Wildman–Crippen LogP) is 6.15. The summed E-state index contributed by atoms with van der Waals surface area (Å²) in [5, 5.41) is 20.7. The lowest BCUT2D eigenvalue weighted by Gasteiger charge is -2.25. The molecule has 0 saturated carbocycles. The Morgan fingerprint density at radius 1 is 0.574 bits per heavy atom. The number of amides is 5. The molecule has 11 nitrogen and oxygen atoms in total. The van der Waals surface area contributed by atoms with Gasteiger partial charge in [-0.05, 0) is 48.9 Å². The molecule has 0 aliphatic rings. The number of hydrogen-bond acceptors (Lipinski definition) is 6. The third-order valence-corrected chi connectivity index (χ3v) is 9.57. The van der Waals surface area contributed by atoms with E-state index in [0.29, 0.717) is 18.4 Å². The van der Waals surface area contributed by atoms with Crippen LogP contribution in [0.25, 0.3) is 0 Å². The standard InChI is InChI=1S/C43H67N5O6/c1-5-6-7-8-9-10-11-12-13-14-15-16-20-23-39(50)46-37(28-31(2)3)42(53)45-32(4)41(52)48-38(30-34-24-26-35(49)27-25-34)43(54)47-36(40(44)51)29-33-21-18-17-19-22-33/h17-19,21-22,24-27,31-32,36-38,49H,5-16,20,23,28-30H2,1-4H3,(H2,44,51)(H,45,53)(H,46,50)(H,47,54)(H,48,52). The van der Waals surface area contributed by atoms with Gasteiger partial charge >= 0.3 is 0 Å². The lowest BCUT2D eigenvalue weighted by molar-refractivity contribution is -0.134. The van der Waals surface area contributed by atoms with Gasteiger partial charge in [-0.25, -0.2) is 0 Å². The molecule has 4 atom stereocenters. The smallest absolute Gasteiger partial charge is 0.243 e. The summed E-state index contributed by atoms with van der Waals surface area (Å²) in [6.45, 7) is 7.66. The molecule has 4 unspecified atom stereocenters. The molecular formula is C43H67N5O6. The summed E-state index contributed by atoms with van der Waals surface area (Å²) in [4.78, 5) is 65.6. The van der Waals surface area contributed by atoms with E-state index in [2.05, 4.69) is 28.2 Å². The molecule has 0 aliphatic carbocycles. The van der Waals surface area contributed by atoms with E-state index in [-0.39, 0.29) is 30.4 Å². The van der Waals surface area contributed by atoms with Gasteiger partial charge in [0.1, 0.15) is 29.9 Å². The van der Waals surface area contributed by atoms with Crippen LogP contribution >= 0.6 is 0 Å². The van der Waals surface area contributed by atoms with Crippen LogP contribution in [0.4, 0.5) is 0 Å². The molecule has 0 fully saturated rings. The van der Waals surface area contributed by atoms with Crippen molar-refractivity contribution < 1.29 is 29.1 Å². The van der Waals surface area contributed by atoms with Crippen LogP contribution in [0.2, 0.25) is 0 Å². The number of phenols is 1. The Kier molecular flexibility index (Phi) is 22.3. The van der Waals surface area contributed by atoms with Crippen LogP contribution in [0.15, 0.2) is 54.6 Å². The van der Waals surface area contributed by atoms with Crippen molar-refractivity contribution in [2.75, 3.05) is 0 Å². The molecule has 300 valence electrons. The van der Waals surface area contributed by atoms with Crippen molar-refractivity contribution in [3.05, 3.63) is 65.7 Å². The van der Waals surface area contributed by atoms with Gasteiger partial charge in [0.25, 0.3) is 0 Å². The first-order chi connectivity index (χ1) is 25.9. The summed E-state index contributed by atoms with van der Waals surface area (Å²) in [5.74, 6) is -2.51. The van der Waals surface area contributed by atoms with Crippen LogP contribution in [-0.4, -0.2) is 58.8 Å². The Hall–Kier alpha value is -4.41. The highest BCUT2D eigenvalue weighted by Crippen LogP contribution is 2.15. The van der Waals surface area contributed by atoms with Gasteiger partial charge in [0.05, 0.1) is 0 Å². The Bertz CT molecular complexity index is 1400. The first-order valence-electron chi connectivity index (χ1n) is 20.2. The van der Waals surface area contributed by atoms with E-state index in [0.717, 1.165) is 24.8 Å². The first-order valence-corrected chi connectivity index (χ1v) is 20.2. The van der Waals surface area contributed by atoms with Gasteiger partial charge < -0.3 is 32.1 Å². The first kappa shape index (κ1) is 45.7. The Balaban J connectivity index is 1.91. The van der Waals surface area contributed by atoms with Crippen molar-refractivity contribution in [2.45, 2.75) is 161 Å². The molecule has 54 heavy (non-hydrogen) atoms. The van der Waals surface area contributed by atoms with Crippen LogP contribution in [-0.2, 0) is 36.8 Å². The molecular weight excluding hydrogens is 683 g/mol. The van der Waals surface area contributed by atoms with E-state index in [1.807, 2.05) is 44.2 Å².